The Morgan fingerprint density at radius 2 is 1.65 bits per heavy atom. The Labute approximate surface area is 150 Å². The molecule has 6 nitrogen and oxygen atoms in total. The quantitative estimate of drug-likeness (QED) is 0.743. The van der Waals surface area contributed by atoms with Crippen molar-refractivity contribution in [3.63, 3.8) is 0 Å². The van der Waals surface area contributed by atoms with Crippen LogP contribution in [0.2, 0.25) is 0 Å². The summed E-state index contributed by atoms with van der Waals surface area (Å²) in [6.45, 7) is 6.22. The molecule has 0 atom stereocenters. The number of fused-ring (bicyclic) bond motifs is 1. The van der Waals surface area contributed by atoms with Crippen LogP contribution in [0, 0.1) is 12.7 Å². The fraction of sp³-hybridized carbons (Fsp3) is 0.278. The lowest BCUT2D eigenvalue weighted by Gasteiger charge is -2.09. The molecule has 0 unspecified atom stereocenters. The number of aromatic nitrogens is 2. The van der Waals surface area contributed by atoms with Crippen molar-refractivity contribution >= 4 is 26.7 Å². The Kier molecular flexibility index (Phi) is 4.62. The van der Waals surface area contributed by atoms with Gasteiger partial charge in [-0.1, -0.05) is 6.07 Å². The molecule has 8 heteroatoms. The van der Waals surface area contributed by atoms with Gasteiger partial charge in [-0.25, -0.2) is 17.6 Å². The van der Waals surface area contributed by atoms with Gasteiger partial charge >= 0.3 is 5.69 Å². The third-order valence-electron chi connectivity index (χ3n) is 4.36. The first kappa shape index (κ1) is 18.2. The second kappa shape index (κ2) is 6.60. The van der Waals surface area contributed by atoms with Crippen LogP contribution in [-0.2, 0) is 23.1 Å². The highest BCUT2D eigenvalue weighted by Crippen LogP contribution is 2.22. The summed E-state index contributed by atoms with van der Waals surface area (Å²) < 4.78 is 44.5. The molecule has 0 aliphatic carbocycles. The molecule has 3 aromatic rings. The fourth-order valence-electron chi connectivity index (χ4n) is 2.95. The van der Waals surface area contributed by atoms with E-state index in [0.717, 1.165) is 6.07 Å². The summed E-state index contributed by atoms with van der Waals surface area (Å²) in [6, 6.07) is 8.69. The van der Waals surface area contributed by atoms with Gasteiger partial charge in [0.25, 0.3) is 10.0 Å². The van der Waals surface area contributed by atoms with Crippen molar-refractivity contribution in [2.75, 3.05) is 4.72 Å². The van der Waals surface area contributed by atoms with Gasteiger partial charge in [-0.05, 0) is 56.7 Å². The molecule has 0 aliphatic heterocycles. The molecular formula is C18H20FN3O3S. The molecule has 0 radical (unpaired) electrons. The average molecular weight is 377 g/mol. The fourth-order valence-corrected chi connectivity index (χ4v) is 4.02. The first-order valence-corrected chi connectivity index (χ1v) is 9.79. The number of sulfonamides is 1. The van der Waals surface area contributed by atoms with Gasteiger partial charge in [0.15, 0.2) is 0 Å². The number of rotatable bonds is 5. The molecule has 1 N–H and O–H groups in total. The number of nitrogens with one attached hydrogen (secondary N) is 1. The molecular weight excluding hydrogens is 357 g/mol. The monoisotopic (exact) mass is 377 g/mol. The molecule has 3 rings (SSSR count). The second-order valence-corrected chi connectivity index (χ2v) is 7.67. The summed E-state index contributed by atoms with van der Waals surface area (Å²) in [4.78, 5) is 12.4. The minimum Gasteiger partial charge on any atom is -0.292 e. The summed E-state index contributed by atoms with van der Waals surface area (Å²) in [6.07, 6.45) is 0. The molecule has 0 saturated carbocycles. The minimum atomic E-state index is -3.91. The summed E-state index contributed by atoms with van der Waals surface area (Å²) >= 11 is 0. The molecule has 26 heavy (non-hydrogen) atoms. The molecule has 0 bridgehead atoms. The average Bonchev–Trinajstić information content (AvgIpc) is 2.87. The lowest BCUT2D eigenvalue weighted by Crippen LogP contribution is -2.23. The maximum Gasteiger partial charge on any atom is 0.329 e. The standard InChI is InChI=1S/C18H20FN3O3S/c1-4-21-16-9-8-14(11-17(16)22(5-2)18(21)23)26(24,25)20-13-7-6-12(3)15(19)10-13/h6-11,20H,4-5H2,1-3H3. The molecule has 0 amide bonds. The number of anilines is 1. The summed E-state index contributed by atoms with van der Waals surface area (Å²) in [5, 5.41) is 0. The highest BCUT2D eigenvalue weighted by Gasteiger charge is 2.19. The van der Waals surface area contributed by atoms with E-state index < -0.39 is 15.8 Å². The number of hydrogen-bond donors (Lipinski definition) is 1. The van der Waals surface area contributed by atoms with Gasteiger partial charge in [-0.15, -0.1) is 0 Å². The Morgan fingerprint density at radius 1 is 1.00 bits per heavy atom. The van der Waals surface area contributed by atoms with Crippen LogP contribution >= 0.6 is 0 Å². The van der Waals surface area contributed by atoms with E-state index in [0.29, 0.717) is 29.7 Å². The first-order chi connectivity index (χ1) is 12.3. The predicted octanol–water partition coefficient (Wildman–Crippen LogP) is 3.09. The Bertz CT molecular complexity index is 1150. The SMILES string of the molecule is CCn1c(=O)n(CC)c2cc(S(=O)(=O)Nc3ccc(C)c(F)c3)ccc21. The van der Waals surface area contributed by atoms with Crippen molar-refractivity contribution in [2.24, 2.45) is 0 Å². The predicted molar refractivity (Wildman–Crippen MR) is 99.5 cm³/mol. The number of imidazole rings is 1. The van der Waals surface area contributed by atoms with Gasteiger partial charge in [0.1, 0.15) is 5.82 Å². The van der Waals surface area contributed by atoms with Crippen molar-refractivity contribution in [1.82, 2.24) is 9.13 Å². The van der Waals surface area contributed by atoms with E-state index in [1.807, 2.05) is 13.8 Å². The van der Waals surface area contributed by atoms with Crippen LogP contribution in [0.4, 0.5) is 10.1 Å². The number of hydrogen-bond acceptors (Lipinski definition) is 3. The number of aryl methyl sites for hydroxylation is 3. The van der Waals surface area contributed by atoms with Crippen molar-refractivity contribution < 1.29 is 12.8 Å². The lowest BCUT2D eigenvalue weighted by atomic mass is 10.2. The lowest BCUT2D eigenvalue weighted by molar-refractivity contribution is 0.601. The van der Waals surface area contributed by atoms with E-state index in [4.69, 9.17) is 0 Å². The topological polar surface area (TPSA) is 73.1 Å². The van der Waals surface area contributed by atoms with E-state index in [-0.39, 0.29) is 16.3 Å². The van der Waals surface area contributed by atoms with Gasteiger partial charge in [-0.2, -0.15) is 0 Å². The maximum atomic E-state index is 13.7. The highest BCUT2D eigenvalue weighted by molar-refractivity contribution is 7.92. The van der Waals surface area contributed by atoms with Crippen LogP contribution in [-0.4, -0.2) is 17.6 Å². The highest BCUT2D eigenvalue weighted by atomic mass is 32.2. The molecule has 2 aromatic carbocycles. The van der Waals surface area contributed by atoms with Gasteiger partial charge in [0.2, 0.25) is 0 Å². The Morgan fingerprint density at radius 3 is 2.27 bits per heavy atom. The van der Waals surface area contributed by atoms with Crippen molar-refractivity contribution in [1.29, 1.82) is 0 Å². The van der Waals surface area contributed by atoms with Crippen molar-refractivity contribution in [3.05, 3.63) is 58.3 Å². The molecule has 0 fully saturated rings. The zero-order valence-electron chi connectivity index (χ0n) is 14.8. The Balaban J connectivity index is 2.09. The largest absolute Gasteiger partial charge is 0.329 e. The van der Waals surface area contributed by atoms with Gasteiger partial charge < -0.3 is 0 Å². The first-order valence-electron chi connectivity index (χ1n) is 8.30. The zero-order chi connectivity index (χ0) is 19.1. The molecule has 138 valence electrons. The van der Waals surface area contributed by atoms with E-state index >= 15 is 0 Å². The third kappa shape index (κ3) is 3.01. The van der Waals surface area contributed by atoms with Crippen LogP contribution in [0.15, 0.2) is 46.1 Å². The van der Waals surface area contributed by atoms with Gasteiger partial charge in [0.05, 0.1) is 21.6 Å². The number of nitrogens with zero attached hydrogens (tertiary/aromatic N) is 2. The van der Waals surface area contributed by atoms with E-state index in [1.165, 1.54) is 28.8 Å². The molecule has 0 saturated heterocycles. The van der Waals surface area contributed by atoms with E-state index in [2.05, 4.69) is 4.72 Å². The summed E-state index contributed by atoms with van der Waals surface area (Å²) in [5.74, 6) is -0.486. The van der Waals surface area contributed by atoms with Crippen LogP contribution in [0.1, 0.15) is 19.4 Å². The summed E-state index contributed by atoms with van der Waals surface area (Å²) in [5.41, 5.74) is 1.64. The molecule has 1 heterocycles. The van der Waals surface area contributed by atoms with Crippen molar-refractivity contribution in [2.45, 2.75) is 38.8 Å². The van der Waals surface area contributed by atoms with Crippen LogP contribution in [0.25, 0.3) is 11.0 Å². The molecule has 1 aromatic heterocycles. The normalized spacial score (nSPS) is 11.8. The number of halogens is 1. The van der Waals surface area contributed by atoms with E-state index in [1.54, 1.807) is 17.6 Å². The maximum absolute atomic E-state index is 13.7. The molecule has 0 aliphatic rings. The minimum absolute atomic E-state index is 0.0152. The van der Waals surface area contributed by atoms with Crippen LogP contribution in [0.3, 0.4) is 0 Å². The second-order valence-electron chi connectivity index (χ2n) is 5.99. The Hall–Kier alpha value is -2.61. The third-order valence-corrected chi connectivity index (χ3v) is 5.74. The number of benzene rings is 2. The van der Waals surface area contributed by atoms with Crippen LogP contribution < -0.4 is 10.4 Å². The molecule has 0 spiro atoms. The van der Waals surface area contributed by atoms with Crippen molar-refractivity contribution in [3.8, 4) is 0 Å². The van der Waals surface area contributed by atoms with Gasteiger partial charge in [-0.3, -0.25) is 13.9 Å². The zero-order valence-corrected chi connectivity index (χ0v) is 15.6. The van der Waals surface area contributed by atoms with Crippen LogP contribution in [0.5, 0.6) is 0 Å². The van der Waals surface area contributed by atoms with E-state index in [9.17, 15) is 17.6 Å². The van der Waals surface area contributed by atoms with Gasteiger partial charge in [0, 0.05) is 13.1 Å². The summed E-state index contributed by atoms with van der Waals surface area (Å²) in [7, 11) is -3.91. The smallest absolute Gasteiger partial charge is 0.292 e.